The Morgan fingerprint density at radius 1 is 1.32 bits per heavy atom. The number of thiazole rings is 1. The Morgan fingerprint density at radius 3 is 3.00 bits per heavy atom. The molecule has 0 bridgehead atoms. The average Bonchev–Trinajstić information content (AvgIpc) is 2.92. The zero-order valence-corrected chi connectivity index (χ0v) is 12.7. The number of rotatable bonds is 2. The Labute approximate surface area is 126 Å². The molecule has 19 heavy (non-hydrogen) atoms. The molecular formula is C14H14Cl2N2S. The van der Waals surface area contributed by atoms with Crippen molar-refractivity contribution in [2.75, 3.05) is 13.1 Å². The number of benzene rings is 1. The molecule has 5 heteroatoms. The fourth-order valence-electron chi connectivity index (χ4n) is 2.36. The first kappa shape index (κ1) is 13.4. The molecule has 1 saturated heterocycles. The lowest BCUT2D eigenvalue weighted by Crippen LogP contribution is -2.28. The fourth-order valence-corrected chi connectivity index (χ4v) is 3.70. The van der Waals surface area contributed by atoms with Crippen LogP contribution in [-0.2, 0) is 0 Å². The van der Waals surface area contributed by atoms with Crippen LogP contribution in [0.3, 0.4) is 0 Å². The molecule has 1 atom stereocenters. The molecule has 100 valence electrons. The van der Waals surface area contributed by atoms with Crippen LogP contribution < -0.4 is 5.32 Å². The molecule has 0 saturated carbocycles. The number of hydrogen-bond acceptors (Lipinski definition) is 3. The van der Waals surface area contributed by atoms with Gasteiger partial charge in [-0.25, -0.2) is 4.98 Å². The monoisotopic (exact) mass is 312 g/mol. The van der Waals surface area contributed by atoms with Crippen LogP contribution in [0.1, 0.15) is 23.8 Å². The molecule has 1 fully saturated rings. The maximum absolute atomic E-state index is 6.22. The van der Waals surface area contributed by atoms with Crippen LogP contribution in [0, 0.1) is 0 Å². The quantitative estimate of drug-likeness (QED) is 0.877. The van der Waals surface area contributed by atoms with Gasteiger partial charge in [0.25, 0.3) is 0 Å². The molecule has 0 spiro atoms. The fraction of sp³-hybridized carbons (Fsp3) is 0.357. The van der Waals surface area contributed by atoms with Crippen molar-refractivity contribution in [2.45, 2.75) is 18.8 Å². The van der Waals surface area contributed by atoms with E-state index >= 15 is 0 Å². The summed E-state index contributed by atoms with van der Waals surface area (Å²) in [7, 11) is 0. The molecule has 1 aromatic carbocycles. The lowest BCUT2D eigenvalue weighted by atomic mass is 10.0. The van der Waals surface area contributed by atoms with Gasteiger partial charge in [0.15, 0.2) is 0 Å². The van der Waals surface area contributed by atoms with Crippen LogP contribution in [0.15, 0.2) is 23.6 Å². The van der Waals surface area contributed by atoms with Gasteiger partial charge in [0.1, 0.15) is 0 Å². The van der Waals surface area contributed by atoms with Crippen LogP contribution >= 0.6 is 34.5 Å². The number of halogens is 2. The Hall–Kier alpha value is -0.610. The predicted molar refractivity (Wildman–Crippen MR) is 82.4 cm³/mol. The third kappa shape index (κ3) is 2.95. The van der Waals surface area contributed by atoms with E-state index in [1.165, 1.54) is 17.8 Å². The molecule has 2 nitrogen and oxygen atoms in total. The molecule has 0 aliphatic carbocycles. The van der Waals surface area contributed by atoms with Gasteiger partial charge in [-0.05, 0) is 37.6 Å². The standard InChI is InChI=1S/C14H14Cl2N2S/c15-10-3-4-12(16)11(6-10)13-8-19-14(18-13)9-2-1-5-17-7-9/h3-4,6,8-9,17H,1-2,5,7H2. The Bertz CT molecular complexity index is 577. The van der Waals surface area contributed by atoms with Gasteiger partial charge >= 0.3 is 0 Å². The van der Waals surface area contributed by atoms with E-state index in [0.29, 0.717) is 16.0 Å². The zero-order valence-electron chi connectivity index (χ0n) is 10.3. The molecule has 3 rings (SSSR count). The van der Waals surface area contributed by atoms with Gasteiger partial charge in [0.2, 0.25) is 0 Å². The summed E-state index contributed by atoms with van der Waals surface area (Å²) in [6, 6.07) is 5.49. The number of piperidine rings is 1. The molecule has 1 unspecified atom stereocenters. The number of nitrogens with zero attached hydrogens (tertiary/aromatic N) is 1. The van der Waals surface area contributed by atoms with Crippen LogP contribution in [0.5, 0.6) is 0 Å². The van der Waals surface area contributed by atoms with Crippen molar-refractivity contribution in [1.82, 2.24) is 10.3 Å². The average molecular weight is 313 g/mol. The van der Waals surface area contributed by atoms with E-state index in [9.17, 15) is 0 Å². The van der Waals surface area contributed by atoms with Crippen molar-refractivity contribution in [3.05, 3.63) is 38.6 Å². The topological polar surface area (TPSA) is 24.9 Å². The van der Waals surface area contributed by atoms with Crippen LogP contribution in [0.2, 0.25) is 10.0 Å². The summed E-state index contributed by atoms with van der Waals surface area (Å²) >= 11 is 14.0. The summed E-state index contributed by atoms with van der Waals surface area (Å²) in [5.41, 5.74) is 1.85. The molecule has 2 aromatic rings. The molecular weight excluding hydrogens is 299 g/mol. The predicted octanol–water partition coefficient (Wildman–Crippen LogP) is 4.58. The largest absolute Gasteiger partial charge is 0.316 e. The highest BCUT2D eigenvalue weighted by Gasteiger charge is 2.19. The lowest BCUT2D eigenvalue weighted by molar-refractivity contribution is 0.460. The van der Waals surface area contributed by atoms with E-state index in [2.05, 4.69) is 10.7 Å². The highest BCUT2D eigenvalue weighted by atomic mass is 35.5. The third-order valence-electron chi connectivity index (χ3n) is 3.37. The van der Waals surface area contributed by atoms with E-state index in [-0.39, 0.29) is 0 Å². The summed E-state index contributed by atoms with van der Waals surface area (Å²) in [6.07, 6.45) is 2.43. The van der Waals surface area contributed by atoms with E-state index in [1.54, 1.807) is 17.4 Å². The summed E-state index contributed by atoms with van der Waals surface area (Å²) in [5, 5.41) is 8.07. The van der Waals surface area contributed by atoms with Crippen molar-refractivity contribution in [1.29, 1.82) is 0 Å². The maximum atomic E-state index is 6.22. The second-order valence-corrected chi connectivity index (χ2v) is 6.47. The van der Waals surface area contributed by atoms with Gasteiger partial charge in [-0.1, -0.05) is 23.2 Å². The van der Waals surface area contributed by atoms with Gasteiger partial charge in [0.05, 0.1) is 15.7 Å². The SMILES string of the molecule is Clc1ccc(Cl)c(-c2csc(C3CCCNC3)n2)c1. The molecule has 1 aliphatic rings. The number of nitrogens with one attached hydrogen (secondary N) is 1. The van der Waals surface area contributed by atoms with Gasteiger partial charge < -0.3 is 5.32 Å². The van der Waals surface area contributed by atoms with Crippen LogP contribution in [-0.4, -0.2) is 18.1 Å². The van der Waals surface area contributed by atoms with Gasteiger partial charge in [-0.2, -0.15) is 0 Å². The van der Waals surface area contributed by atoms with Crippen molar-refractivity contribution in [3.8, 4) is 11.3 Å². The van der Waals surface area contributed by atoms with Gasteiger partial charge in [-0.3, -0.25) is 0 Å². The third-order valence-corrected chi connectivity index (χ3v) is 4.94. The highest BCUT2D eigenvalue weighted by molar-refractivity contribution is 7.10. The van der Waals surface area contributed by atoms with Gasteiger partial charge in [0, 0.05) is 28.4 Å². The summed E-state index contributed by atoms with van der Waals surface area (Å²) in [6.45, 7) is 2.14. The summed E-state index contributed by atoms with van der Waals surface area (Å²) < 4.78 is 0. The first-order valence-corrected chi connectivity index (χ1v) is 7.99. The number of aromatic nitrogens is 1. The normalized spacial score (nSPS) is 19.6. The molecule has 1 aliphatic heterocycles. The minimum Gasteiger partial charge on any atom is -0.316 e. The van der Waals surface area contributed by atoms with Gasteiger partial charge in [-0.15, -0.1) is 11.3 Å². The first-order valence-electron chi connectivity index (χ1n) is 6.35. The summed E-state index contributed by atoms with van der Waals surface area (Å²) in [5.74, 6) is 0.533. The van der Waals surface area contributed by atoms with Crippen molar-refractivity contribution >= 4 is 34.5 Å². The second-order valence-electron chi connectivity index (χ2n) is 4.74. The first-order chi connectivity index (χ1) is 9.24. The highest BCUT2D eigenvalue weighted by Crippen LogP contribution is 2.34. The Kier molecular flexibility index (Phi) is 4.08. The van der Waals surface area contributed by atoms with Crippen molar-refractivity contribution < 1.29 is 0 Å². The molecule has 0 amide bonds. The Balaban J connectivity index is 1.89. The minimum atomic E-state index is 0.533. The minimum absolute atomic E-state index is 0.533. The Morgan fingerprint density at radius 2 is 2.21 bits per heavy atom. The van der Waals surface area contributed by atoms with E-state index in [0.717, 1.165) is 24.3 Å². The molecule has 0 radical (unpaired) electrons. The number of hydrogen-bond donors (Lipinski definition) is 1. The van der Waals surface area contributed by atoms with Crippen molar-refractivity contribution in [3.63, 3.8) is 0 Å². The molecule has 1 N–H and O–H groups in total. The van der Waals surface area contributed by atoms with E-state index in [1.807, 2.05) is 12.1 Å². The zero-order chi connectivity index (χ0) is 13.2. The maximum Gasteiger partial charge on any atom is 0.0976 e. The van der Waals surface area contributed by atoms with E-state index in [4.69, 9.17) is 28.2 Å². The van der Waals surface area contributed by atoms with Crippen LogP contribution in [0.25, 0.3) is 11.3 Å². The van der Waals surface area contributed by atoms with E-state index < -0.39 is 0 Å². The molecule has 1 aromatic heterocycles. The van der Waals surface area contributed by atoms with Crippen LogP contribution in [0.4, 0.5) is 0 Å². The van der Waals surface area contributed by atoms with Crippen molar-refractivity contribution in [2.24, 2.45) is 0 Å². The molecule has 2 heterocycles. The summed E-state index contributed by atoms with van der Waals surface area (Å²) in [4.78, 5) is 4.74. The second kappa shape index (κ2) is 5.80. The smallest absolute Gasteiger partial charge is 0.0976 e. The lowest BCUT2D eigenvalue weighted by Gasteiger charge is -2.20.